The standard InChI is InChI=1S/C18H22ClNO/c1-4-8-20-12-15-6-5-7-16(11-15)21-17-9-13(2)18(19)14(3)10-17/h5-7,9-11,20H,4,8,12H2,1-3H3. The number of rotatable bonds is 6. The van der Waals surface area contributed by atoms with Crippen LogP contribution >= 0.6 is 11.6 Å². The average Bonchev–Trinajstić information content (AvgIpc) is 2.45. The molecule has 2 aromatic rings. The first-order valence-corrected chi connectivity index (χ1v) is 7.72. The van der Waals surface area contributed by atoms with Gasteiger partial charge in [-0.3, -0.25) is 0 Å². The third-order valence-electron chi connectivity index (χ3n) is 3.30. The zero-order chi connectivity index (χ0) is 15.2. The molecule has 0 amide bonds. The van der Waals surface area contributed by atoms with E-state index in [1.807, 2.05) is 38.1 Å². The second kappa shape index (κ2) is 7.48. The Balaban J connectivity index is 2.11. The van der Waals surface area contributed by atoms with Gasteiger partial charge < -0.3 is 10.1 Å². The van der Waals surface area contributed by atoms with Gasteiger partial charge in [-0.2, -0.15) is 0 Å². The van der Waals surface area contributed by atoms with Crippen molar-refractivity contribution >= 4 is 11.6 Å². The van der Waals surface area contributed by atoms with E-state index in [1.165, 1.54) is 5.56 Å². The predicted molar refractivity (Wildman–Crippen MR) is 89.4 cm³/mol. The van der Waals surface area contributed by atoms with E-state index in [2.05, 4.69) is 24.4 Å². The minimum absolute atomic E-state index is 0.805. The van der Waals surface area contributed by atoms with Gasteiger partial charge in [0.15, 0.2) is 0 Å². The highest BCUT2D eigenvalue weighted by molar-refractivity contribution is 6.32. The summed E-state index contributed by atoms with van der Waals surface area (Å²) in [7, 11) is 0. The molecule has 1 N–H and O–H groups in total. The van der Waals surface area contributed by atoms with Gasteiger partial charge in [0.1, 0.15) is 11.5 Å². The van der Waals surface area contributed by atoms with Crippen molar-refractivity contribution in [2.75, 3.05) is 6.54 Å². The van der Waals surface area contributed by atoms with Crippen molar-refractivity contribution in [1.82, 2.24) is 5.32 Å². The first-order chi connectivity index (χ1) is 10.1. The second-order valence-corrected chi connectivity index (χ2v) is 5.68. The van der Waals surface area contributed by atoms with Crippen molar-refractivity contribution in [3.05, 3.63) is 58.1 Å². The molecule has 0 spiro atoms. The van der Waals surface area contributed by atoms with Crippen molar-refractivity contribution in [1.29, 1.82) is 0 Å². The van der Waals surface area contributed by atoms with Crippen LogP contribution in [-0.4, -0.2) is 6.54 Å². The molecule has 0 unspecified atom stereocenters. The molecule has 0 heterocycles. The number of hydrogen-bond donors (Lipinski definition) is 1. The van der Waals surface area contributed by atoms with Crippen molar-refractivity contribution < 1.29 is 4.74 Å². The first-order valence-electron chi connectivity index (χ1n) is 7.34. The van der Waals surface area contributed by atoms with Crippen LogP contribution in [0.5, 0.6) is 11.5 Å². The van der Waals surface area contributed by atoms with Gasteiger partial charge in [0.05, 0.1) is 0 Å². The highest BCUT2D eigenvalue weighted by Gasteiger charge is 2.05. The van der Waals surface area contributed by atoms with Crippen LogP contribution in [-0.2, 0) is 6.54 Å². The molecule has 3 heteroatoms. The Bertz CT molecular complexity index is 587. The molecular formula is C18H22ClNO. The van der Waals surface area contributed by atoms with Crippen molar-refractivity contribution in [2.24, 2.45) is 0 Å². The summed E-state index contributed by atoms with van der Waals surface area (Å²) in [5.41, 5.74) is 3.29. The molecule has 0 aromatic heterocycles. The van der Waals surface area contributed by atoms with Gasteiger partial charge in [-0.1, -0.05) is 30.7 Å². The van der Waals surface area contributed by atoms with E-state index in [0.29, 0.717) is 0 Å². The lowest BCUT2D eigenvalue weighted by molar-refractivity contribution is 0.480. The SMILES string of the molecule is CCCNCc1cccc(Oc2cc(C)c(Cl)c(C)c2)c1. The number of halogens is 1. The van der Waals surface area contributed by atoms with E-state index in [9.17, 15) is 0 Å². The molecule has 0 fully saturated rings. The summed E-state index contributed by atoms with van der Waals surface area (Å²) in [6.45, 7) is 8.04. The van der Waals surface area contributed by atoms with E-state index in [-0.39, 0.29) is 0 Å². The molecule has 2 nitrogen and oxygen atoms in total. The topological polar surface area (TPSA) is 21.3 Å². The Morgan fingerprint density at radius 2 is 1.76 bits per heavy atom. The molecule has 0 aliphatic rings. The number of benzene rings is 2. The summed E-state index contributed by atoms with van der Waals surface area (Å²) >= 11 is 6.18. The first kappa shape index (κ1) is 15.9. The minimum atomic E-state index is 0.805. The molecule has 0 atom stereocenters. The maximum absolute atomic E-state index is 6.18. The molecule has 0 aliphatic carbocycles. The Morgan fingerprint density at radius 1 is 1.05 bits per heavy atom. The quantitative estimate of drug-likeness (QED) is 0.736. The Morgan fingerprint density at radius 3 is 2.43 bits per heavy atom. The van der Waals surface area contributed by atoms with Gasteiger partial charge in [-0.15, -0.1) is 0 Å². The zero-order valence-electron chi connectivity index (χ0n) is 12.9. The maximum atomic E-state index is 6.18. The number of hydrogen-bond acceptors (Lipinski definition) is 2. The van der Waals surface area contributed by atoms with Crippen molar-refractivity contribution in [3.63, 3.8) is 0 Å². The van der Waals surface area contributed by atoms with E-state index in [1.54, 1.807) is 0 Å². The number of ether oxygens (including phenoxy) is 1. The molecule has 0 aliphatic heterocycles. The van der Waals surface area contributed by atoms with Gasteiger partial charge in [-0.05, 0) is 67.8 Å². The Kier molecular flexibility index (Phi) is 5.66. The molecular weight excluding hydrogens is 282 g/mol. The van der Waals surface area contributed by atoms with Crippen LogP contribution in [0.2, 0.25) is 5.02 Å². The normalized spacial score (nSPS) is 10.7. The van der Waals surface area contributed by atoms with Gasteiger partial charge in [0.2, 0.25) is 0 Å². The van der Waals surface area contributed by atoms with Gasteiger partial charge in [-0.25, -0.2) is 0 Å². The van der Waals surface area contributed by atoms with Gasteiger partial charge >= 0.3 is 0 Å². The fraction of sp³-hybridized carbons (Fsp3) is 0.333. The smallest absolute Gasteiger partial charge is 0.128 e. The minimum Gasteiger partial charge on any atom is -0.457 e. The average molecular weight is 304 g/mol. The highest BCUT2D eigenvalue weighted by Crippen LogP contribution is 2.29. The maximum Gasteiger partial charge on any atom is 0.128 e. The van der Waals surface area contributed by atoms with Crippen LogP contribution in [0.3, 0.4) is 0 Å². The Labute approximate surface area is 132 Å². The zero-order valence-corrected chi connectivity index (χ0v) is 13.6. The van der Waals surface area contributed by atoms with Gasteiger partial charge in [0.25, 0.3) is 0 Å². The van der Waals surface area contributed by atoms with Crippen molar-refractivity contribution in [2.45, 2.75) is 33.7 Å². The monoisotopic (exact) mass is 303 g/mol. The van der Waals surface area contributed by atoms with Crippen molar-refractivity contribution in [3.8, 4) is 11.5 Å². The molecule has 0 saturated heterocycles. The third-order valence-corrected chi connectivity index (χ3v) is 3.90. The second-order valence-electron chi connectivity index (χ2n) is 5.30. The Hall–Kier alpha value is -1.51. The third kappa shape index (κ3) is 4.48. The van der Waals surface area contributed by atoms with Crippen LogP contribution in [0.1, 0.15) is 30.0 Å². The van der Waals surface area contributed by atoms with Crippen LogP contribution < -0.4 is 10.1 Å². The summed E-state index contributed by atoms with van der Waals surface area (Å²) in [6, 6.07) is 12.1. The molecule has 0 bridgehead atoms. The fourth-order valence-electron chi connectivity index (χ4n) is 2.23. The van der Waals surface area contributed by atoms with E-state index < -0.39 is 0 Å². The molecule has 112 valence electrons. The fourth-order valence-corrected chi connectivity index (χ4v) is 2.34. The summed E-state index contributed by atoms with van der Waals surface area (Å²) in [4.78, 5) is 0. The predicted octanol–water partition coefficient (Wildman–Crippen LogP) is 5.25. The van der Waals surface area contributed by atoms with Crippen LogP contribution in [0.25, 0.3) is 0 Å². The molecule has 2 rings (SSSR count). The van der Waals surface area contributed by atoms with Crippen LogP contribution in [0.4, 0.5) is 0 Å². The van der Waals surface area contributed by atoms with E-state index in [4.69, 9.17) is 16.3 Å². The lowest BCUT2D eigenvalue weighted by Gasteiger charge is -2.11. The van der Waals surface area contributed by atoms with Crippen LogP contribution in [0, 0.1) is 13.8 Å². The largest absolute Gasteiger partial charge is 0.457 e. The lowest BCUT2D eigenvalue weighted by atomic mass is 10.1. The summed E-state index contributed by atoms with van der Waals surface area (Å²) in [5.74, 6) is 1.68. The molecule has 21 heavy (non-hydrogen) atoms. The molecule has 0 radical (unpaired) electrons. The number of nitrogens with one attached hydrogen (secondary N) is 1. The van der Waals surface area contributed by atoms with Gasteiger partial charge in [0, 0.05) is 11.6 Å². The van der Waals surface area contributed by atoms with E-state index >= 15 is 0 Å². The summed E-state index contributed by atoms with van der Waals surface area (Å²) < 4.78 is 5.96. The van der Waals surface area contributed by atoms with E-state index in [0.717, 1.165) is 47.2 Å². The molecule has 2 aromatic carbocycles. The lowest BCUT2D eigenvalue weighted by Crippen LogP contribution is -2.13. The summed E-state index contributed by atoms with van der Waals surface area (Å²) in [5, 5.41) is 4.20. The molecule has 0 saturated carbocycles. The number of aryl methyl sites for hydroxylation is 2. The highest BCUT2D eigenvalue weighted by atomic mass is 35.5. The van der Waals surface area contributed by atoms with Crippen LogP contribution in [0.15, 0.2) is 36.4 Å². The summed E-state index contributed by atoms with van der Waals surface area (Å²) in [6.07, 6.45) is 1.14.